The number of H-pyrrole nitrogens is 1. The predicted octanol–water partition coefficient (Wildman–Crippen LogP) is 3.62. The van der Waals surface area contributed by atoms with Crippen LogP contribution in [0.25, 0.3) is 0 Å². The number of ether oxygens (including phenoxy) is 1. The van der Waals surface area contributed by atoms with E-state index in [4.69, 9.17) is 14.7 Å². The van der Waals surface area contributed by atoms with Crippen molar-refractivity contribution >= 4 is 35.0 Å². The molecule has 1 unspecified atom stereocenters. The fourth-order valence-corrected chi connectivity index (χ4v) is 5.25. The van der Waals surface area contributed by atoms with Gasteiger partial charge >= 0.3 is 0 Å². The van der Waals surface area contributed by atoms with Crippen LogP contribution in [0.15, 0.2) is 40.4 Å². The molecule has 1 aromatic carbocycles. The summed E-state index contributed by atoms with van der Waals surface area (Å²) in [5, 5.41) is 11.2. The molecule has 1 aliphatic rings. The number of hydrogen-bond acceptors (Lipinski definition) is 10. The van der Waals surface area contributed by atoms with Crippen LogP contribution in [-0.2, 0) is 11.2 Å². The lowest BCUT2D eigenvalue weighted by Gasteiger charge is -2.41. The highest BCUT2D eigenvalue weighted by Crippen LogP contribution is 2.39. The maximum atomic E-state index is 11.5. The highest BCUT2D eigenvalue weighted by Gasteiger charge is 2.29. The maximum absolute atomic E-state index is 11.5. The first-order valence-corrected chi connectivity index (χ1v) is 13.7. The van der Waals surface area contributed by atoms with Gasteiger partial charge in [-0.1, -0.05) is 12.1 Å². The van der Waals surface area contributed by atoms with Crippen molar-refractivity contribution in [3.8, 4) is 5.75 Å². The molecule has 10 nitrogen and oxygen atoms in total. The third-order valence-electron chi connectivity index (χ3n) is 6.42. The zero-order valence-electron chi connectivity index (χ0n) is 23.1. The second-order valence-corrected chi connectivity index (χ2v) is 11.1. The second kappa shape index (κ2) is 12.6. The lowest BCUT2D eigenvalue weighted by atomic mass is 10.1. The molecule has 4 rings (SSSR count). The molecule has 1 aliphatic heterocycles. The van der Waals surface area contributed by atoms with Gasteiger partial charge in [-0.05, 0) is 64.3 Å². The molecule has 0 aliphatic carbocycles. The number of carbonyl (C=O) groups is 1. The van der Waals surface area contributed by atoms with Crippen molar-refractivity contribution < 1.29 is 9.53 Å². The summed E-state index contributed by atoms with van der Waals surface area (Å²) in [7, 11) is 5.87. The van der Waals surface area contributed by atoms with Crippen molar-refractivity contribution in [1.29, 1.82) is 0 Å². The Morgan fingerprint density at radius 1 is 1.24 bits per heavy atom. The van der Waals surface area contributed by atoms with Crippen LogP contribution >= 0.6 is 11.8 Å². The summed E-state index contributed by atoms with van der Waals surface area (Å²) in [4.78, 5) is 29.3. The van der Waals surface area contributed by atoms with Crippen LogP contribution in [0.4, 0.5) is 17.5 Å². The van der Waals surface area contributed by atoms with E-state index in [0.717, 1.165) is 54.7 Å². The number of aromatic amines is 1. The molecule has 1 fully saturated rings. The first-order valence-electron chi connectivity index (χ1n) is 12.9. The van der Waals surface area contributed by atoms with E-state index < -0.39 is 0 Å². The van der Waals surface area contributed by atoms with E-state index in [1.807, 2.05) is 37.3 Å². The minimum Gasteiger partial charge on any atom is -0.490 e. The summed E-state index contributed by atoms with van der Waals surface area (Å²) in [6.07, 6.45) is 0.434. The van der Waals surface area contributed by atoms with E-state index in [2.05, 4.69) is 51.2 Å². The Balaban J connectivity index is 1.64. The van der Waals surface area contributed by atoms with Crippen molar-refractivity contribution in [3.63, 3.8) is 0 Å². The summed E-state index contributed by atoms with van der Waals surface area (Å²) in [6.45, 7) is 10.6. The average molecular weight is 539 g/mol. The van der Waals surface area contributed by atoms with E-state index in [1.54, 1.807) is 14.0 Å². The third-order valence-corrected chi connectivity index (χ3v) is 7.29. The number of benzene rings is 1. The number of Topliss-reactive ketones (excluding diaryl/α,β-unsaturated/α-hetero) is 1. The number of nitrogens with one attached hydrogen (secondary N) is 2. The summed E-state index contributed by atoms with van der Waals surface area (Å²) >= 11 is 1.48. The van der Waals surface area contributed by atoms with Crippen LogP contribution in [0.2, 0.25) is 0 Å². The first-order chi connectivity index (χ1) is 18.2. The van der Waals surface area contributed by atoms with Crippen molar-refractivity contribution in [2.24, 2.45) is 0 Å². The summed E-state index contributed by atoms with van der Waals surface area (Å²) in [5.74, 6) is 2.75. The van der Waals surface area contributed by atoms with Gasteiger partial charge in [0.2, 0.25) is 5.75 Å². The van der Waals surface area contributed by atoms with Gasteiger partial charge in [0, 0.05) is 61.8 Å². The van der Waals surface area contributed by atoms with Crippen LogP contribution in [0.5, 0.6) is 5.75 Å². The molecule has 0 spiro atoms. The molecule has 204 valence electrons. The number of carbonyl (C=O) groups excluding carboxylic acids is 1. The molecule has 0 radical (unpaired) electrons. The van der Waals surface area contributed by atoms with E-state index >= 15 is 0 Å². The van der Waals surface area contributed by atoms with Crippen molar-refractivity contribution in [3.05, 3.63) is 41.6 Å². The monoisotopic (exact) mass is 538 g/mol. The van der Waals surface area contributed by atoms with E-state index in [0.29, 0.717) is 29.0 Å². The Kier molecular flexibility index (Phi) is 9.24. The zero-order chi connectivity index (χ0) is 27.2. The lowest BCUT2D eigenvalue weighted by molar-refractivity contribution is -0.116. The smallest absolute Gasteiger partial charge is 0.204 e. The quantitative estimate of drug-likeness (QED) is 0.352. The van der Waals surface area contributed by atoms with Gasteiger partial charge < -0.3 is 19.9 Å². The number of rotatable bonds is 11. The molecule has 0 saturated carbocycles. The van der Waals surface area contributed by atoms with Gasteiger partial charge in [-0.3, -0.25) is 14.8 Å². The standard InChI is InChI=1S/C27H38N8O2S/c1-18-15-23(32-31-18)28-25-24(37-6)26(35-14-13-34(17-19(35)2)12-11-33(4)5)30-27(29-25)38-22-9-7-21(8-10-22)16-20(3)36/h7-10,15,19H,11-14,16-17H2,1-6H3,(H2,28,29,30,31,32). The molecular formula is C27H38N8O2S. The van der Waals surface area contributed by atoms with Crippen LogP contribution in [0.1, 0.15) is 25.1 Å². The molecule has 1 saturated heterocycles. The average Bonchev–Trinajstić information content (AvgIpc) is 3.28. The Morgan fingerprint density at radius 3 is 2.61 bits per heavy atom. The number of piperazine rings is 1. The number of aryl methyl sites for hydroxylation is 1. The van der Waals surface area contributed by atoms with Gasteiger partial charge in [0.15, 0.2) is 22.6 Å². The first kappa shape index (κ1) is 27.9. The van der Waals surface area contributed by atoms with Crippen molar-refractivity contribution in [2.45, 2.75) is 43.3 Å². The molecule has 38 heavy (non-hydrogen) atoms. The van der Waals surface area contributed by atoms with Gasteiger partial charge in [0.05, 0.1) is 7.11 Å². The van der Waals surface area contributed by atoms with Gasteiger partial charge in [-0.2, -0.15) is 5.10 Å². The van der Waals surface area contributed by atoms with Crippen LogP contribution in [0.3, 0.4) is 0 Å². The number of methoxy groups -OCH3 is 1. The molecule has 3 aromatic rings. The highest BCUT2D eigenvalue weighted by atomic mass is 32.2. The molecular weight excluding hydrogens is 500 g/mol. The van der Waals surface area contributed by atoms with Gasteiger partial charge in [0.25, 0.3) is 0 Å². The van der Waals surface area contributed by atoms with E-state index in [9.17, 15) is 4.79 Å². The van der Waals surface area contributed by atoms with Crippen molar-refractivity contribution in [1.82, 2.24) is 30.0 Å². The van der Waals surface area contributed by atoms with Gasteiger partial charge in [-0.15, -0.1) is 0 Å². The Labute approximate surface area is 229 Å². The zero-order valence-corrected chi connectivity index (χ0v) is 23.9. The van der Waals surface area contributed by atoms with Crippen LogP contribution in [0, 0.1) is 6.92 Å². The number of nitrogens with zero attached hydrogens (tertiary/aromatic N) is 6. The number of aromatic nitrogens is 4. The molecule has 2 aromatic heterocycles. The molecule has 2 N–H and O–H groups in total. The topological polar surface area (TPSA) is 103 Å². The lowest BCUT2D eigenvalue weighted by Crippen LogP contribution is -2.53. The van der Waals surface area contributed by atoms with E-state index in [-0.39, 0.29) is 11.8 Å². The largest absolute Gasteiger partial charge is 0.490 e. The Bertz CT molecular complexity index is 1230. The highest BCUT2D eigenvalue weighted by molar-refractivity contribution is 7.99. The number of hydrogen-bond donors (Lipinski definition) is 2. The summed E-state index contributed by atoms with van der Waals surface area (Å²) < 4.78 is 5.89. The molecule has 3 heterocycles. The van der Waals surface area contributed by atoms with Crippen molar-refractivity contribution in [2.75, 3.05) is 64.1 Å². The fraction of sp³-hybridized carbons (Fsp3) is 0.481. The molecule has 11 heteroatoms. The molecule has 0 amide bonds. The maximum Gasteiger partial charge on any atom is 0.204 e. The Morgan fingerprint density at radius 2 is 2.00 bits per heavy atom. The molecule has 0 bridgehead atoms. The fourth-order valence-electron chi connectivity index (χ4n) is 4.50. The number of anilines is 3. The summed E-state index contributed by atoms with van der Waals surface area (Å²) in [6, 6.07) is 10.1. The Hall–Kier alpha value is -3.15. The molecule has 1 atom stereocenters. The minimum atomic E-state index is 0.147. The predicted molar refractivity (Wildman–Crippen MR) is 152 cm³/mol. The van der Waals surface area contributed by atoms with Gasteiger partial charge in [0.1, 0.15) is 5.78 Å². The summed E-state index contributed by atoms with van der Waals surface area (Å²) in [5.41, 5.74) is 1.94. The van der Waals surface area contributed by atoms with E-state index in [1.165, 1.54) is 11.8 Å². The van der Waals surface area contributed by atoms with Crippen LogP contribution < -0.4 is 15.0 Å². The normalized spacial score (nSPS) is 16.2. The SMILES string of the molecule is COc1c(Nc2cc(C)[nH]n2)nc(Sc2ccc(CC(C)=O)cc2)nc1N1CCN(CCN(C)C)CC1C. The second-order valence-electron chi connectivity index (χ2n) is 10.0. The minimum absolute atomic E-state index is 0.147. The van der Waals surface area contributed by atoms with Gasteiger partial charge in [-0.25, -0.2) is 9.97 Å². The van der Waals surface area contributed by atoms with Crippen LogP contribution in [-0.4, -0.2) is 95.7 Å². The third kappa shape index (κ3) is 7.24. The number of likely N-dealkylation sites (N-methyl/N-ethyl adjacent to an activating group) is 1. The number of ketones is 1.